The van der Waals surface area contributed by atoms with Crippen LogP contribution in [-0.2, 0) is 10.2 Å². The summed E-state index contributed by atoms with van der Waals surface area (Å²) in [7, 11) is 0. The second-order valence-corrected chi connectivity index (χ2v) is 6.50. The molecule has 6 heteroatoms. The predicted molar refractivity (Wildman–Crippen MR) is 96.6 cm³/mol. The van der Waals surface area contributed by atoms with Crippen molar-refractivity contribution in [3.05, 3.63) is 41.6 Å². The summed E-state index contributed by atoms with van der Waals surface area (Å²) < 4.78 is 1.77. The highest BCUT2D eigenvalue weighted by Crippen LogP contribution is 2.26. The molecule has 1 amide bonds. The van der Waals surface area contributed by atoms with Crippen molar-refractivity contribution in [1.29, 1.82) is 0 Å². The molecule has 0 unspecified atom stereocenters. The van der Waals surface area contributed by atoms with Gasteiger partial charge in [-0.3, -0.25) is 4.79 Å². The molecule has 126 valence electrons. The second kappa shape index (κ2) is 7.62. The molecule has 0 fully saturated rings. The zero-order valence-corrected chi connectivity index (χ0v) is 14.9. The van der Waals surface area contributed by atoms with Gasteiger partial charge in [0.05, 0.1) is 11.4 Å². The van der Waals surface area contributed by atoms with Crippen molar-refractivity contribution in [3.63, 3.8) is 0 Å². The molecule has 0 bridgehead atoms. The molecule has 0 radical (unpaired) electrons. The molecular formula is C17H25ClN4O. The van der Waals surface area contributed by atoms with Gasteiger partial charge in [0.1, 0.15) is 5.82 Å². The number of halogens is 1. The molecule has 0 atom stereocenters. The van der Waals surface area contributed by atoms with Crippen LogP contribution in [0.1, 0.15) is 38.4 Å². The molecule has 0 aliphatic rings. The van der Waals surface area contributed by atoms with Gasteiger partial charge >= 0.3 is 0 Å². The maximum atomic E-state index is 11.9. The van der Waals surface area contributed by atoms with Gasteiger partial charge in [-0.25, -0.2) is 4.68 Å². The van der Waals surface area contributed by atoms with Gasteiger partial charge in [0, 0.05) is 24.4 Å². The average Bonchev–Trinajstić information content (AvgIpc) is 2.83. The first kappa shape index (κ1) is 19.2. The molecule has 0 spiro atoms. The fourth-order valence-corrected chi connectivity index (χ4v) is 2.06. The van der Waals surface area contributed by atoms with Crippen molar-refractivity contribution < 1.29 is 4.79 Å². The highest BCUT2D eigenvalue weighted by Gasteiger charge is 2.21. The molecule has 1 aromatic heterocycles. The number of hydrogen-bond donors (Lipinski definition) is 2. The Bertz CT molecular complexity index is 656. The quantitative estimate of drug-likeness (QED) is 0.900. The summed E-state index contributed by atoms with van der Waals surface area (Å²) in [6, 6.07) is 9.97. The van der Waals surface area contributed by atoms with Crippen molar-refractivity contribution in [2.24, 2.45) is 5.73 Å². The summed E-state index contributed by atoms with van der Waals surface area (Å²) in [5.41, 5.74) is 8.37. The Hall–Kier alpha value is -1.85. The first-order chi connectivity index (χ1) is 10.3. The standard InChI is InChI=1S/C17H24N4O.ClH/c1-12-5-7-13(8-6-12)21-15(19-16(22)9-10-18)11-14(20-21)17(2,3)4;/h5-8,11H,9-10,18H2,1-4H3,(H,19,22);1H. The maximum absolute atomic E-state index is 11.9. The molecule has 23 heavy (non-hydrogen) atoms. The maximum Gasteiger partial charge on any atom is 0.226 e. The minimum absolute atomic E-state index is 0. The SMILES string of the molecule is Cc1ccc(-n2nc(C(C)(C)C)cc2NC(=O)CCN)cc1.Cl. The molecule has 2 rings (SSSR count). The second-order valence-electron chi connectivity index (χ2n) is 6.50. The Balaban J connectivity index is 0.00000264. The third kappa shape index (κ3) is 4.81. The van der Waals surface area contributed by atoms with Crippen LogP contribution in [0.5, 0.6) is 0 Å². The average molecular weight is 337 g/mol. The van der Waals surface area contributed by atoms with Gasteiger partial charge in [-0.15, -0.1) is 12.4 Å². The van der Waals surface area contributed by atoms with Crippen molar-refractivity contribution >= 4 is 24.1 Å². The van der Waals surface area contributed by atoms with Gasteiger partial charge in [-0.1, -0.05) is 38.5 Å². The number of aryl methyl sites for hydroxylation is 1. The zero-order chi connectivity index (χ0) is 16.3. The molecule has 0 saturated carbocycles. The number of benzene rings is 1. The van der Waals surface area contributed by atoms with Gasteiger partial charge in [0.2, 0.25) is 5.91 Å². The Morgan fingerprint density at radius 3 is 2.39 bits per heavy atom. The van der Waals surface area contributed by atoms with Crippen LogP contribution in [0.2, 0.25) is 0 Å². The monoisotopic (exact) mass is 336 g/mol. The summed E-state index contributed by atoms with van der Waals surface area (Å²) in [5, 5.41) is 7.56. The molecule has 1 aromatic carbocycles. The number of carbonyl (C=O) groups excluding carboxylic acids is 1. The largest absolute Gasteiger partial charge is 0.330 e. The van der Waals surface area contributed by atoms with E-state index < -0.39 is 0 Å². The fraction of sp³-hybridized carbons (Fsp3) is 0.412. The molecule has 3 N–H and O–H groups in total. The van der Waals surface area contributed by atoms with Crippen LogP contribution in [0.3, 0.4) is 0 Å². The van der Waals surface area contributed by atoms with E-state index in [9.17, 15) is 4.79 Å². The number of nitrogens with two attached hydrogens (primary N) is 1. The van der Waals surface area contributed by atoms with E-state index in [4.69, 9.17) is 5.73 Å². The van der Waals surface area contributed by atoms with E-state index in [1.165, 1.54) is 5.56 Å². The number of rotatable bonds is 4. The summed E-state index contributed by atoms with van der Waals surface area (Å²) in [6.07, 6.45) is 0.296. The number of aromatic nitrogens is 2. The molecule has 0 aliphatic heterocycles. The molecule has 5 nitrogen and oxygen atoms in total. The van der Waals surface area contributed by atoms with Crippen LogP contribution < -0.4 is 11.1 Å². The Morgan fingerprint density at radius 1 is 1.26 bits per heavy atom. The highest BCUT2D eigenvalue weighted by atomic mass is 35.5. The molecule has 2 aromatic rings. The van der Waals surface area contributed by atoms with Crippen LogP contribution >= 0.6 is 12.4 Å². The van der Waals surface area contributed by atoms with Gasteiger partial charge in [-0.2, -0.15) is 5.10 Å². The van der Waals surface area contributed by atoms with E-state index in [2.05, 4.69) is 31.2 Å². The number of hydrogen-bond acceptors (Lipinski definition) is 3. The molecule has 0 aliphatic carbocycles. The van der Waals surface area contributed by atoms with Crippen molar-refractivity contribution in [2.75, 3.05) is 11.9 Å². The van der Waals surface area contributed by atoms with Gasteiger partial charge in [0.15, 0.2) is 0 Å². The third-order valence-corrected chi connectivity index (χ3v) is 3.40. The summed E-state index contributed by atoms with van der Waals surface area (Å²) in [4.78, 5) is 11.9. The van der Waals surface area contributed by atoms with Gasteiger partial charge in [0.25, 0.3) is 0 Å². The summed E-state index contributed by atoms with van der Waals surface area (Å²) in [5.74, 6) is 0.573. The third-order valence-electron chi connectivity index (χ3n) is 3.40. The van der Waals surface area contributed by atoms with Crippen LogP contribution in [0.25, 0.3) is 5.69 Å². The number of carbonyl (C=O) groups is 1. The van der Waals surface area contributed by atoms with E-state index in [-0.39, 0.29) is 23.7 Å². The Kier molecular flexibility index (Phi) is 6.36. The number of nitrogens with zero attached hydrogens (tertiary/aromatic N) is 2. The van der Waals surface area contributed by atoms with Crippen LogP contribution in [0, 0.1) is 6.92 Å². The lowest BCUT2D eigenvalue weighted by Crippen LogP contribution is -2.18. The highest BCUT2D eigenvalue weighted by molar-refractivity contribution is 5.90. The van der Waals surface area contributed by atoms with Crippen LogP contribution in [-0.4, -0.2) is 22.2 Å². The summed E-state index contributed by atoms with van der Waals surface area (Å²) >= 11 is 0. The molecule has 0 saturated heterocycles. The lowest BCUT2D eigenvalue weighted by molar-refractivity contribution is -0.116. The fourth-order valence-electron chi connectivity index (χ4n) is 2.06. The minimum atomic E-state index is -0.101. The van der Waals surface area contributed by atoms with Crippen molar-refractivity contribution in [2.45, 2.75) is 39.5 Å². The Labute approximate surface area is 143 Å². The lowest BCUT2D eigenvalue weighted by Gasteiger charge is -2.14. The van der Waals surface area contributed by atoms with Crippen molar-refractivity contribution in [1.82, 2.24) is 9.78 Å². The topological polar surface area (TPSA) is 72.9 Å². The van der Waals surface area contributed by atoms with Crippen LogP contribution in [0.15, 0.2) is 30.3 Å². The predicted octanol–water partition coefficient (Wildman–Crippen LogP) is 3.19. The summed E-state index contributed by atoms with van der Waals surface area (Å²) in [6.45, 7) is 8.66. The van der Waals surface area contributed by atoms with E-state index in [0.29, 0.717) is 18.8 Å². The van der Waals surface area contributed by atoms with E-state index in [0.717, 1.165) is 11.4 Å². The van der Waals surface area contributed by atoms with Crippen LogP contribution in [0.4, 0.5) is 5.82 Å². The van der Waals surface area contributed by atoms with Crippen molar-refractivity contribution in [3.8, 4) is 5.69 Å². The molecular weight excluding hydrogens is 312 g/mol. The minimum Gasteiger partial charge on any atom is -0.330 e. The first-order valence-electron chi connectivity index (χ1n) is 7.49. The van der Waals surface area contributed by atoms with Gasteiger partial charge < -0.3 is 11.1 Å². The van der Waals surface area contributed by atoms with E-state index in [1.807, 2.05) is 37.3 Å². The normalized spacial score (nSPS) is 11.0. The number of amides is 1. The number of nitrogens with one attached hydrogen (secondary N) is 1. The Morgan fingerprint density at radius 2 is 1.87 bits per heavy atom. The molecule has 1 heterocycles. The van der Waals surface area contributed by atoms with Gasteiger partial charge in [-0.05, 0) is 19.1 Å². The van der Waals surface area contributed by atoms with E-state index in [1.54, 1.807) is 4.68 Å². The van der Waals surface area contributed by atoms with E-state index >= 15 is 0 Å². The smallest absolute Gasteiger partial charge is 0.226 e. The lowest BCUT2D eigenvalue weighted by atomic mass is 9.92. The first-order valence-corrected chi connectivity index (χ1v) is 7.49. The number of anilines is 1. The zero-order valence-electron chi connectivity index (χ0n) is 14.1.